The zero-order valence-corrected chi connectivity index (χ0v) is 20.0. The third-order valence-corrected chi connectivity index (χ3v) is 5.83. The minimum atomic E-state index is -1.20. The van der Waals surface area contributed by atoms with Crippen LogP contribution in [0.15, 0.2) is 24.3 Å². The number of phenols is 1. The molecule has 1 aromatic rings. The van der Waals surface area contributed by atoms with Gasteiger partial charge in [-0.15, -0.1) is 0 Å². The van der Waals surface area contributed by atoms with Crippen LogP contribution >= 0.6 is 11.8 Å². The number of carboxylic acid groups (broad SMARTS) is 1. The molecule has 7 N–H and O–H groups in total. The van der Waals surface area contributed by atoms with Gasteiger partial charge in [0.25, 0.3) is 0 Å². The maximum atomic E-state index is 13.1. The van der Waals surface area contributed by atoms with Crippen LogP contribution in [0.4, 0.5) is 0 Å². The minimum absolute atomic E-state index is 0.0646. The van der Waals surface area contributed by atoms with Gasteiger partial charge in [-0.3, -0.25) is 19.2 Å². The normalized spacial score (nSPS) is 14.4. The SMILES string of the molecule is CCC(C)C(NC(=O)C(Cc1ccc(O)cc1)NC(=O)C(N)CCSC)C(=O)NCC(=O)O. The van der Waals surface area contributed by atoms with E-state index in [1.807, 2.05) is 13.2 Å². The molecule has 0 aromatic heterocycles. The number of carbonyl (C=O) groups is 4. The summed E-state index contributed by atoms with van der Waals surface area (Å²) in [4.78, 5) is 49.1. The van der Waals surface area contributed by atoms with Crippen LogP contribution in [-0.2, 0) is 25.6 Å². The topological polar surface area (TPSA) is 171 Å². The molecule has 0 heterocycles. The number of hydrogen-bond donors (Lipinski definition) is 6. The van der Waals surface area contributed by atoms with E-state index in [0.717, 1.165) is 0 Å². The van der Waals surface area contributed by atoms with Crippen LogP contribution in [0, 0.1) is 5.92 Å². The van der Waals surface area contributed by atoms with Crippen LogP contribution < -0.4 is 21.7 Å². The Morgan fingerprint density at radius 3 is 2.24 bits per heavy atom. The van der Waals surface area contributed by atoms with Gasteiger partial charge in [-0.2, -0.15) is 11.8 Å². The number of carbonyl (C=O) groups excluding carboxylic acids is 3. The highest BCUT2D eigenvalue weighted by atomic mass is 32.2. The monoisotopic (exact) mass is 482 g/mol. The van der Waals surface area contributed by atoms with E-state index in [2.05, 4.69) is 16.0 Å². The Morgan fingerprint density at radius 1 is 1.06 bits per heavy atom. The Hall–Kier alpha value is -2.79. The second kappa shape index (κ2) is 14.4. The molecule has 0 spiro atoms. The number of thioether (sulfide) groups is 1. The van der Waals surface area contributed by atoms with Crippen LogP contribution in [0.25, 0.3) is 0 Å². The van der Waals surface area contributed by atoms with Gasteiger partial charge in [-0.1, -0.05) is 32.4 Å². The molecule has 0 bridgehead atoms. The molecule has 0 saturated heterocycles. The Bertz CT molecular complexity index is 805. The summed E-state index contributed by atoms with van der Waals surface area (Å²) in [7, 11) is 0. The smallest absolute Gasteiger partial charge is 0.322 e. The van der Waals surface area contributed by atoms with Gasteiger partial charge < -0.3 is 31.9 Å². The van der Waals surface area contributed by atoms with Crippen LogP contribution in [0.3, 0.4) is 0 Å². The van der Waals surface area contributed by atoms with Crippen molar-refractivity contribution in [2.45, 2.75) is 51.2 Å². The molecular formula is C22H34N4O6S. The molecule has 10 nitrogen and oxygen atoms in total. The highest BCUT2D eigenvalue weighted by Crippen LogP contribution is 2.13. The standard InChI is InChI=1S/C22H34N4O6S/c1-4-13(2)19(22(32)24-12-18(28)29)26-21(31)17(11-14-5-7-15(27)8-6-14)25-20(30)16(23)9-10-33-3/h5-8,13,16-17,19,27H,4,9-12,23H2,1-3H3,(H,24,32)(H,25,30)(H,26,31)(H,28,29). The number of nitrogens with two attached hydrogens (primary N) is 1. The number of rotatable bonds is 14. The van der Waals surface area contributed by atoms with Crippen molar-refractivity contribution in [2.75, 3.05) is 18.6 Å². The predicted molar refractivity (Wildman–Crippen MR) is 127 cm³/mol. The zero-order chi connectivity index (χ0) is 25.0. The number of benzene rings is 1. The molecule has 4 unspecified atom stereocenters. The first-order chi connectivity index (χ1) is 15.6. The second-order valence-corrected chi connectivity index (χ2v) is 8.79. The van der Waals surface area contributed by atoms with Gasteiger partial charge in [-0.05, 0) is 42.0 Å². The summed E-state index contributed by atoms with van der Waals surface area (Å²) in [5.74, 6) is -2.43. The van der Waals surface area contributed by atoms with Crippen molar-refractivity contribution in [3.8, 4) is 5.75 Å². The van der Waals surface area contributed by atoms with E-state index in [-0.39, 0.29) is 18.1 Å². The molecule has 4 atom stereocenters. The van der Waals surface area contributed by atoms with E-state index in [4.69, 9.17) is 10.8 Å². The van der Waals surface area contributed by atoms with Crippen LogP contribution in [0.1, 0.15) is 32.3 Å². The number of aliphatic carboxylic acids is 1. The van der Waals surface area contributed by atoms with Crippen molar-refractivity contribution in [3.63, 3.8) is 0 Å². The van der Waals surface area contributed by atoms with Crippen molar-refractivity contribution in [3.05, 3.63) is 29.8 Å². The first-order valence-electron chi connectivity index (χ1n) is 10.7. The molecule has 0 aliphatic rings. The van der Waals surface area contributed by atoms with E-state index in [0.29, 0.717) is 24.2 Å². The third kappa shape index (κ3) is 10.1. The van der Waals surface area contributed by atoms with Gasteiger partial charge in [0.05, 0.1) is 6.04 Å². The third-order valence-electron chi connectivity index (χ3n) is 5.19. The number of aromatic hydroxyl groups is 1. The first kappa shape index (κ1) is 28.2. The Morgan fingerprint density at radius 2 is 1.70 bits per heavy atom. The molecule has 0 aliphatic carbocycles. The van der Waals surface area contributed by atoms with Crippen molar-refractivity contribution in [2.24, 2.45) is 11.7 Å². The molecule has 0 fully saturated rings. The van der Waals surface area contributed by atoms with Crippen LogP contribution in [0.5, 0.6) is 5.75 Å². The number of nitrogens with one attached hydrogen (secondary N) is 3. The average molecular weight is 483 g/mol. The predicted octanol–water partition coefficient (Wildman–Crippen LogP) is 0.232. The van der Waals surface area contributed by atoms with Crippen LogP contribution in [0.2, 0.25) is 0 Å². The van der Waals surface area contributed by atoms with E-state index < -0.39 is 48.4 Å². The Balaban J connectivity index is 3.05. The fourth-order valence-corrected chi connectivity index (χ4v) is 3.45. The van der Waals surface area contributed by atoms with Crippen LogP contribution in [-0.4, -0.2) is 70.6 Å². The number of amides is 3. The molecule has 1 aromatic carbocycles. The molecule has 0 aliphatic heterocycles. The molecule has 0 radical (unpaired) electrons. The van der Waals surface area contributed by atoms with Gasteiger partial charge in [0.15, 0.2) is 0 Å². The summed E-state index contributed by atoms with van der Waals surface area (Å²) >= 11 is 1.55. The first-order valence-corrected chi connectivity index (χ1v) is 12.1. The fourth-order valence-electron chi connectivity index (χ4n) is 2.96. The molecule has 184 valence electrons. The molecule has 3 amide bonds. The summed E-state index contributed by atoms with van der Waals surface area (Å²) in [5, 5.41) is 25.9. The molecule has 0 saturated carbocycles. The van der Waals surface area contributed by atoms with Gasteiger partial charge in [0, 0.05) is 6.42 Å². The lowest BCUT2D eigenvalue weighted by Gasteiger charge is -2.27. The van der Waals surface area contributed by atoms with Gasteiger partial charge in [0.2, 0.25) is 17.7 Å². The zero-order valence-electron chi connectivity index (χ0n) is 19.2. The maximum Gasteiger partial charge on any atom is 0.322 e. The number of carboxylic acids is 1. The van der Waals surface area contributed by atoms with Gasteiger partial charge in [-0.25, -0.2) is 0 Å². The Labute approximate surface area is 198 Å². The average Bonchev–Trinajstić information content (AvgIpc) is 2.79. The summed E-state index contributed by atoms with van der Waals surface area (Å²) in [6.07, 6.45) is 3.00. The largest absolute Gasteiger partial charge is 0.508 e. The highest BCUT2D eigenvalue weighted by molar-refractivity contribution is 7.98. The van der Waals surface area contributed by atoms with Crippen molar-refractivity contribution in [1.29, 1.82) is 0 Å². The quantitative estimate of drug-likeness (QED) is 0.219. The lowest BCUT2D eigenvalue weighted by Crippen LogP contribution is -2.58. The molecule has 1 rings (SSSR count). The van der Waals surface area contributed by atoms with Crippen molar-refractivity contribution in [1.82, 2.24) is 16.0 Å². The summed E-state index contributed by atoms with van der Waals surface area (Å²) in [5.41, 5.74) is 6.62. The highest BCUT2D eigenvalue weighted by Gasteiger charge is 2.31. The van der Waals surface area contributed by atoms with E-state index in [1.165, 1.54) is 12.1 Å². The van der Waals surface area contributed by atoms with Gasteiger partial charge >= 0.3 is 5.97 Å². The molecule has 11 heteroatoms. The van der Waals surface area contributed by atoms with E-state index in [9.17, 15) is 24.3 Å². The van der Waals surface area contributed by atoms with Gasteiger partial charge in [0.1, 0.15) is 24.4 Å². The minimum Gasteiger partial charge on any atom is -0.508 e. The maximum absolute atomic E-state index is 13.1. The number of phenolic OH excluding ortho intramolecular Hbond substituents is 1. The van der Waals surface area contributed by atoms with Crippen molar-refractivity contribution < 1.29 is 29.4 Å². The van der Waals surface area contributed by atoms with E-state index >= 15 is 0 Å². The second-order valence-electron chi connectivity index (χ2n) is 7.80. The van der Waals surface area contributed by atoms with Crippen molar-refractivity contribution >= 4 is 35.5 Å². The lowest BCUT2D eigenvalue weighted by atomic mass is 9.97. The number of hydrogen-bond acceptors (Lipinski definition) is 7. The summed E-state index contributed by atoms with van der Waals surface area (Å²) < 4.78 is 0. The molecule has 33 heavy (non-hydrogen) atoms. The summed E-state index contributed by atoms with van der Waals surface area (Å²) in [6, 6.07) is 3.39. The summed E-state index contributed by atoms with van der Waals surface area (Å²) in [6.45, 7) is 3.03. The molecular weight excluding hydrogens is 448 g/mol. The van der Waals surface area contributed by atoms with E-state index in [1.54, 1.807) is 30.8 Å². The fraction of sp³-hybridized carbons (Fsp3) is 0.545. The lowest BCUT2D eigenvalue weighted by molar-refractivity contribution is -0.139. The Kier molecular flexibility index (Phi) is 12.3.